The van der Waals surface area contributed by atoms with Crippen molar-refractivity contribution in [3.63, 3.8) is 0 Å². The molecule has 0 bridgehead atoms. The molecule has 0 saturated heterocycles. The Morgan fingerprint density at radius 2 is 1.93 bits per heavy atom. The molecule has 0 aromatic heterocycles. The van der Waals surface area contributed by atoms with Gasteiger partial charge in [0, 0.05) is 10.7 Å². The first-order chi connectivity index (χ1) is 7.27. The molecular weight excluding hydrogens is 250 g/mol. The predicted octanol–water partition coefficient (Wildman–Crippen LogP) is 4.45. The third-order valence-corrected chi connectivity index (χ3v) is 3.59. The van der Waals surface area contributed by atoms with Crippen molar-refractivity contribution < 1.29 is 0 Å². The largest absolute Gasteiger partial charge is 0.198 e. The van der Waals surface area contributed by atoms with Gasteiger partial charge in [0.2, 0.25) is 0 Å². The van der Waals surface area contributed by atoms with Crippen LogP contribution in [0.2, 0.25) is 0 Å². The first-order valence-electron chi connectivity index (χ1n) is 5.36. The topological polar surface area (TPSA) is 23.8 Å². The fourth-order valence-electron chi connectivity index (χ4n) is 1.54. The summed E-state index contributed by atoms with van der Waals surface area (Å²) in [5.74, 6) is 0.203. The second kappa shape index (κ2) is 6.63. The van der Waals surface area contributed by atoms with Gasteiger partial charge in [0.1, 0.15) is 0 Å². The van der Waals surface area contributed by atoms with E-state index in [0.29, 0.717) is 4.83 Å². The van der Waals surface area contributed by atoms with Crippen molar-refractivity contribution in [3.05, 3.63) is 35.9 Å². The summed E-state index contributed by atoms with van der Waals surface area (Å²) in [4.78, 5) is 0.376. The summed E-state index contributed by atoms with van der Waals surface area (Å²) in [6, 6.07) is 12.7. The van der Waals surface area contributed by atoms with Gasteiger partial charge in [0.25, 0.3) is 0 Å². The zero-order chi connectivity index (χ0) is 11.1. The monoisotopic (exact) mass is 265 g/mol. The molecule has 0 aliphatic rings. The van der Waals surface area contributed by atoms with E-state index in [1.165, 1.54) is 5.56 Å². The lowest BCUT2D eigenvalue weighted by molar-refractivity contribution is 0.555. The molecule has 1 nitrogen and oxygen atoms in total. The zero-order valence-corrected chi connectivity index (χ0v) is 10.6. The second-order valence-electron chi connectivity index (χ2n) is 3.69. The highest BCUT2D eigenvalue weighted by atomic mass is 79.9. The van der Waals surface area contributed by atoms with Crippen molar-refractivity contribution in [2.75, 3.05) is 0 Å². The van der Waals surface area contributed by atoms with E-state index in [-0.39, 0.29) is 5.92 Å². The molecule has 0 amide bonds. The predicted molar refractivity (Wildman–Crippen MR) is 66.7 cm³/mol. The fraction of sp³-hybridized carbons (Fsp3) is 0.462. The maximum atomic E-state index is 8.84. The SMILES string of the molecule is CCC(C#N)CCC(Br)c1ccccc1. The Bertz CT molecular complexity index is 315. The van der Waals surface area contributed by atoms with Crippen LogP contribution < -0.4 is 0 Å². The molecule has 0 spiro atoms. The fourth-order valence-corrected chi connectivity index (χ4v) is 2.11. The summed E-state index contributed by atoms with van der Waals surface area (Å²) in [5.41, 5.74) is 1.30. The molecule has 1 aromatic rings. The number of hydrogen-bond acceptors (Lipinski definition) is 1. The van der Waals surface area contributed by atoms with E-state index < -0.39 is 0 Å². The standard InChI is InChI=1S/C13H16BrN/c1-2-11(10-15)8-9-13(14)12-6-4-3-5-7-12/h3-7,11,13H,2,8-9H2,1H3. The van der Waals surface area contributed by atoms with Crippen molar-refractivity contribution in [1.82, 2.24) is 0 Å². The number of rotatable bonds is 5. The molecule has 0 N–H and O–H groups in total. The van der Waals surface area contributed by atoms with Crippen LogP contribution in [-0.4, -0.2) is 0 Å². The van der Waals surface area contributed by atoms with Gasteiger partial charge < -0.3 is 0 Å². The Morgan fingerprint density at radius 3 is 2.47 bits per heavy atom. The molecule has 1 aromatic carbocycles. The zero-order valence-electron chi connectivity index (χ0n) is 8.99. The summed E-state index contributed by atoms with van der Waals surface area (Å²) in [6.07, 6.45) is 2.94. The van der Waals surface area contributed by atoms with Crippen LogP contribution in [0, 0.1) is 17.2 Å². The maximum absolute atomic E-state index is 8.84. The number of halogens is 1. The Hall–Kier alpha value is -0.810. The van der Waals surface area contributed by atoms with Gasteiger partial charge in [-0.25, -0.2) is 0 Å². The van der Waals surface area contributed by atoms with Crippen LogP contribution in [0.3, 0.4) is 0 Å². The van der Waals surface area contributed by atoms with Gasteiger partial charge in [-0.1, -0.05) is 53.2 Å². The molecule has 1 rings (SSSR count). The third kappa shape index (κ3) is 4.05. The quantitative estimate of drug-likeness (QED) is 0.722. The minimum atomic E-state index is 0.203. The van der Waals surface area contributed by atoms with E-state index in [1.54, 1.807) is 0 Å². The second-order valence-corrected chi connectivity index (χ2v) is 4.80. The molecular formula is C13H16BrN. The number of hydrogen-bond donors (Lipinski definition) is 0. The van der Waals surface area contributed by atoms with Gasteiger partial charge in [0.05, 0.1) is 6.07 Å². The van der Waals surface area contributed by atoms with E-state index in [4.69, 9.17) is 5.26 Å². The molecule has 0 aliphatic carbocycles. The van der Waals surface area contributed by atoms with Crippen LogP contribution in [0.5, 0.6) is 0 Å². The summed E-state index contributed by atoms with van der Waals surface area (Å²) >= 11 is 3.66. The average molecular weight is 266 g/mol. The highest BCUT2D eigenvalue weighted by Crippen LogP contribution is 2.29. The lowest BCUT2D eigenvalue weighted by Gasteiger charge is -2.11. The summed E-state index contributed by atoms with van der Waals surface area (Å²) in [6.45, 7) is 2.07. The molecule has 80 valence electrons. The molecule has 0 saturated carbocycles. The van der Waals surface area contributed by atoms with Crippen molar-refractivity contribution >= 4 is 15.9 Å². The minimum Gasteiger partial charge on any atom is -0.198 e. The third-order valence-electron chi connectivity index (χ3n) is 2.61. The molecule has 0 heterocycles. The van der Waals surface area contributed by atoms with Crippen LogP contribution in [0.4, 0.5) is 0 Å². The van der Waals surface area contributed by atoms with E-state index in [1.807, 2.05) is 18.2 Å². The Labute approximate surface area is 100 Å². The molecule has 0 radical (unpaired) electrons. The number of benzene rings is 1. The molecule has 0 aliphatic heterocycles. The van der Waals surface area contributed by atoms with Crippen LogP contribution in [0.25, 0.3) is 0 Å². The minimum absolute atomic E-state index is 0.203. The van der Waals surface area contributed by atoms with Crippen LogP contribution >= 0.6 is 15.9 Å². The normalized spacial score (nSPS) is 14.2. The Kier molecular flexibility index (Phi) is 5.42. The van der Waals surface area contributed by atoms with Crippen molar-refractivity contribution in [2.45, 2.75) is 31.0 Å². The van der Waals surface area contributed by atoms with Gasteiger partial charge in [0.15, 0.2) is 0 Å². The van der Waals surface area contributed by atoms with Crippen LogP contribution in [0.15, 0.2) is 30.3 Å². The summed E-state index contributed by atoms with van der Waals surface area (Å²) in [5, 5.41) is 8.84. The van der Waals surface area contributed by atoms with Crippen LogP contribution in [0.1, 0.15) is 36.6 Å². The van der Waals surface area contributed by atoms with E-state index in [2.05, 4.69) is 41.1 Å². The highest BCUT2D eigenvalue weighted by molar-refractivity contribution is 9.09. The lowest BCUT2D eigenvalue weighted by Crippen LogP contribution is -1.98. The van der Waals surface area contributed by atoms with Gasteiger partial charge >= 0.3 is 0 Å². The van der Waals surface area contributed by atoms with E-state index >= 15 is 0 Å². The number of nitrogens with zero attached hydrogens (tertiary/aromatic N) is 1. The van der Waals surface area contributed by atoms with Crippen molar-refractivity contribution in [1.29, 1.82) is 5.26 Å². The summed E-state index contributed by atoms with van der Waals surface area (Å²) < 4.78 is 0. The van der Waals surface area contributed by atoms with Gasteiger partial charge in [-0.3, -0.25) is 0 Å². The molecule has 2 unspecified atom stereocenters. The molecule has 2 heteroatoms. The number of nitriles is 1. The van der Waals surface area contributed by atoms with E-state index in [0.717, 1.165) is 19.3 Å². The Balaban J connectivity index is 2.44. The van der Waals surface area contributed by atoms with Crippen LogP contribution in [-0.2, 0) is 0 Å². The van der Waals surface area contributed by atoms with E-state index in [9.17, 15) is 0 Å². The molecule has 0 fully saturated rings. The number of alkyl halides is 1. The highest BCUT2D eigenvalue weighted by Gasteiger charge is 2.10. The van der Waals surface area contributed by atoms with Crippen molar-refractivity contribution in [2.24, 2.45) is 5.92 Å². The Morgan fingerprint density at radius 1 is 1.27 bits per heavy atom. The van der Waals surface area contributed by atoms with Crippen molar-refractivity contribution in [3.8, 4) is 6.07 Å². The molecule has 2 atom stereocenters. The first-order valence-corrected chi connectivity index (χ1v) is 6.28. The molecule has 15 heavy (non-hydrogen) atoms. The van der Waals surface area contributed by atoms with Gasteiger partial charge in [-0.15, -0.1) is 0 Å². The summed E-state index contributed by atoms with van der Waals surface area (Å²) in [7, 11) is 0. The smallest absolute Gasteiger partial charge is 0.0655 e. The maximum Gasteiger partial charge on any atom is 0.0655 e. The first kappa shape index (κ1) is 12.3. The van der Waals surface area contributed by atoms with Gasteiger partial charge in [-0.2, -0.15) is 5.26 Å². The lowest BCUT2D eigenvalue weighted by atomic mass is 9.99. The van der Waals surface area contributed by atoms with Gasteiger partial charge in [-0.05, 0) is 24.8 Å². The average Bonchev–Trinajstić information content (AvgIpc) is 2.31.